The number of ether oxygens (including phenoxy) is 2. The minimum absolute atomic E-state index is 0.119. The third kappa shape index (κ3) is 3.98. The Kier molecular flexibility index (Phi) is 4.37. The Bertz CT molecular complexity index is 390. The lowest BCUT2D eigenvalue weighted by atomic mass is 10.1. The number of carbonyl (C=O) groups is 1. The summed E-state index contributed by atoms with van der Waals surface area (Å²) in [6, 6.07) is 3.77. The highest BCUT2D eigenvalue weighted by atomic mass is 16.6. The summed E-state index contributed by atoms with van der Waals surface area (Å²) in [6.07, 6.45) is -0.137. The van der Waals surface area contributed by atoms with Gasteiger partial charge in [-0.1, -0.05) is 6.07 Å². The third-order valence-corrected chi connectivity index (χ3v) is 2.15. The Hall–Kier alpha value is -1.71. The highest BCUT2D eigenvalue weighted by Crippen LogP contribution is 2.27. The maximum atomic E-state index is 11.3. The summed E-state index contributed by atoms with van der Waals surface area (Å²) >= 11 is 0. The van der Waals surface area contributed by atoms with Gasteiger partial charge in [-0.2, -0.15) is 0 Å². The molecule has 0 saturated carbocycles. The number of rotatable bonds is 4. The monoisotopic (exact) mass is 237 g/mol. The topological polar surface area (TPSA) is 61.5 Å². The fraction of sp³-hybridized carbons (Fsp3) is 0.462. The summed E-state index contributed by atoms with van der Waals surface area (Å²) in [5.41, 5.74) is 8.36. The van der Waals surface area contributed by atoms with E-state index in [2.05, 4.69) is 0 Å². The Morgan fingerprint density at radius 1 is 1.35 bits per heavy atom. The van der Waals surface area contributed by atoms with Gasteiger partial charge in [0.2, 0.25) is 0 Å². The van der Waals surface area contributed by atoms with Gasteiger partial charge in [-0.05, 0) is 44.9 Å². The number of esters is 1. The molecule has 0 aromatic heterocycles. The first kappa shape index (κ1) is 13.4. The van der Waals surface area contributed by atoms with Gasteiger partial charge < -0.3 is 15.2 Å². The molecule has 0 saturated heterocycles. The largest absolute Gasteiger partial charge is 0.479 e. The van der Waals surface area contributed by atoms with Crippen LogP contribution in [0.1, 0.15) is 25.0 Å². The minimum atomic E-state index is -0.389. The van der Waals surface area contributed by atoms with Gasteiger partial charge in [0.25, 0.3) is 0 Å². The van der Waals surface area contributed by atoms with E-state index in [0.29, 0.717) is 11.4 Å². The maximum absolute atomic E-state index is 11.3. The van der Waals surface area contributed by atoms with Crippen molar-refractivity contribution in [2.75, 3.05) is 12.3 Å². The molecule has 0 amide bonds. The second kappa shape index (κ2) is 5.57. The number of carbonyl (C=O) groups excluding carboxylic acids is 1. The molecule has 4 heteroatoms. The molecule has 2 N–H and O–H groups in total. The molecular weight excluding hydrogens is 218 g/mol. The molecule has 0 unspecified atom stereocenters. The number of anilines is 1. The molecule has 1 aromatic rings. The summed E-state index contributed by atoms with van der Waals surface area (Å²) in [6.45, 7) is 7.33. The summed E-state index contributed by atoms with van der Waals surface area (Å²) in [7, 11) is 0. The van der Waals surface area contributed by atoms with Crippen LogP contribution in [0.25, 0.3) is 0 Å². The highest BCUT2D eigenvalue weighted by Gasteiger charge is 2.10. The van der Waals surface area contributed by atoms with Crippen LogP contribution in [0.2, 0.25) is 0 Å². The SMILES string of the molecule is Cc1cc(C)c(OCC(=O)OC(C)C)c(N)c1. The van der Waals surface area contributed by atoms with Crippen molar-refractivity contribution in [3.05, 3.63) is 23.3 Å². The second-order valence-electron chi connectivity index (χ2n) is 4.33. The van der Waals surface area contributed by atoms with Crippen LogP contribution >= 0.6 is 0 Å². The van der Waals surface area contributed by atoms with E-state index in [4.69, 9.17) is 15.2 Å². The quantitative estimate of drug-likeness (QED) is 0.644. The average molecular weight is 237 g/mol. The Balaban J connectivity index is 2.67. The molecule has 4 nitrogen and oxygen atoms in total. The number of aryl methyl sites for hydroxylation is 2. The van der Waals surface area contributed by atoms with Gasteiger partial charge in [0.1, 0.15) is 5.75 Å². The molecule has 0 spiro atoms. The third-order valence-electron chi connectivity index (χ3n) is 2.15. The van der Waals surface area contributed by atoms with Gasteiger partial charge >= 0.3 is 5.97 Å². The molecule has 0 aliphatic carbocycles. The van der Waals surface area contributed by atoms with E-state index in [0.717, 1.165) is 11.1 Å². The van der Waals surface area contributed by atoms with Crippen LogP contribution in [0.15, 0.2) is 12.1 Å². The standard InChI is InChI=1S/C13H19NO3/c1-8(2)17-12(15)7-16-13-10(4)5-9(3)6-11(13)14/h5-6,8H,7,14H2,1-4H3. The number of hydrogen-bond acceptors (Lipinski definition) is 4. The molecule has 0 radical (unpaired) electrons. The first-order valence-electron chi connectivity index (χ1n) is 5.59. The van der Waals surface area contributed by atoms with Crippen LogP contribution in [0.5, 0.6) is 5.75 Å². The smallest absolute Gasteiger partial charge is 0.344 e. The van der Waals surface area contributed by atoms with E-state index in [1.165, 1.54) is 0 Å². The lowest BCUT2D eigenvalue weighted by Gasteiger charge is -2.13. The van der Waals surface area contributed by atoms with Crippen molar-refractivity contribution in [3.63, 3.8) is 0 Å². The van der Waals surface area contributed by atoms with Crippen LogP contribution in [-0.4, -0.2) is 18.7 Å². The van der Waals surface area contributed by atoms with Crippen LogP contribution in [-0.2, 0) is 9.53 Å². The van der Waals surface area contributed by atoms with E-state index in [1.807, 2.05) is 26.0 Å². The van der Waals surface area contributed by atoms with E-state index in [9.17, 15) is 4.79 Å². The van der Waals surface area contributed by atoms with E-state index in [1.54, 1.807) is 13.8 Å². The maximum Gasteiger partial charge on any atom is 0.344 e. The molecule has 0 aliphatic rings. The number of hydrogen-bond donors (Lipinski definition) is 1. The Labute approximate surface area is 102 Å². The Morgan fingerprint density at radius 2 is 2.00 bits per heavy atom. The van der Waals surface area contributed by atoms with Gasteiger partial charge in [-0.15, -0.1) is 0 Å². The van der Waals surface area contributed by atoms with E-state index >= 15 is 0 Å². The molecule has 17 heavy (non-hydrogen) atoms. The van der Waals surface area contributed by atoms with Gasteiger partial charge in [-0.25, -0.2) is 4.79 Å². The van der Waals surface area contributed by atoms with E-state index < -0.39 is 0 Å². The fourth-order valence-electron chi connectivity index (χ4n) is 1.61. The molecule has 0 aliphatic heterocycles. The molecule has 94 valence electrons. The zero-order valence-corrected chi connectivity index (χ0v) is 10.7. The van der Waals surface area contributed by atoms with Crippen molar-refractivity contribution in [1.82, 2.24) is 0 Å². The van der Waals surface area contributed by atoms with Crippen molar-refractivity contribution in [2.45, 2.75) is 33.8 Å². The zero-order valence-electron chi connectivity index (χ0n) is 10.7. The predicted octanol–water partition coefficient (Wildman–Crippen LogP) is 2.22. The summed E-state index contributed by atoms with van der Waals surface area (Å²) in [4.78, 5) is 11.3. The summed E-state index contributed by atoms with van der Waals surface area (Å²) in [5, 5.41) is 0. The number of nitrogens with two attached hydrogens (primary N) is 1. The molecule has 0 bridgehead atoms. The number of benzene rings is 1. The first-order valence-corrected chi connectivity index (χ1v) is 5.59. The highest BCUT2D eigenvalue weighted by molar-refractivity contribution is 5.72. The zero-order chi connectivity index (χ0) is 13.0. The van der Waals surface area contributed by atoms with E-state index in [-0.39, 0.29) is 18.7 Å². The van der Waals surface area contributed by atoms with Crippen molar-refractivity contribution in [1.29, 1.82) is 0 Å². The average Bonchev–Trinajstić information content (AvgIpc) is 2.14. The van der Waals surface area contributed by atoms with Gasteiger partial charge in [0.15, 0.2) is 6.61 Å². The van der Waals surface area contributed by atoms with Gasteiger partial charge in [0.05, 0.1) is 11.8 Å². The molecule has 1 rings (SSSR count). The van der Waals surface area contributed by atoms with Gasteiger partial charge in [0, 0.05) is 0 Å². The second-order valence-corrected chi connectivity index (χ2v) is 4.33. The summed E-state index contributed by atoms with van der Waals surface area (Å²) in [5.74, 6) is 0.163. The lowest BCUT2D eigenvalue weighted by molar-refractivity contribution is -0.149. The molecule has 0 fully saturated rings. The molecule has 0 heterocycles. The minimum Gasteiger partial charge on any atom is -0.479 e. The van der Waals surface area contributed by atoms with Crippen molar-refractivity contribution in [2.24, 2.45) is 0 Å². The Morgan fingerprint density at radius 3 is 2.53 bits per heavy atom. The first-order chi connectivity index (χ1) is 7.90. The van der Waals surface area contributed by atoms with Crippen LogP contribution in [0, 0.1) is 13.8 Å². The lowest BCUT2D eigenvalue weighted by Crippen LogP contribution is -2.19. The number of nitrogen functional groups attached to an aromatic ring is 1. The predicted molar refractivity (Wildman–Crippen MR) is 67.1 cm³/mol. The molecule has 0 atom stereocenters. The van der Waals surface area contributed by atoms with Crippen molar-refractivity contribution < 1.29 is 14.3 Å². The summed E-state index contributed by atoms with van der Waals surface area (Å²) < 4.78 is 10.4. The van der Waals surface area contributed by atoms with Crippen LogP contribution < -0.4 is 10.5 Å². The molecular formula is C13H19NO3. The van der Waals surface area contributed by atoms with Crippen molar-refractivity contribution >= 4 is 11.7 Å². The van der Waals surface area contributed by atoms with Crippen LogP contribution in [0.4, 0.5) is 5.69 Å². The normalized spacial score (nSPS) is 10.4. The van der Waals surface area contributed by atoms with Gasteiger partial charge in [-0.3, -0.25) is 0 Å². The molecule has 1 aromatic carbocycles. The van der Waals surface area contributed by atoms with Crippen molar-refractivity contribution in [3.8, 4) is 5.75 Å². The fourth-order valence-corrected chi connectivity index (χ4v) is 1.61. The van der Waals surface area contributed by atoms with Crippen LogP contribution in [0.3, 0.4) is 0 Å².